The highest BCUT2D eigenvalue weighted by Crippen LogP contribution is 2.19. The first kappa shape index (κ1) is 15.4. The van der Waals surface area contributed by atoms with Gasteiger partial charge in [0, 0.05) is 9.49 Å². The summed E-state index contributed by atoms with van der Waals surface area (Å²) in [5.74, 6) is -0.967. The summed E-state index contributed by atoms with van der Waals surface area (Å²) in [6, 6.07) is 4.73. The van der Waals surface area contributed by atoms with E-state index in [2.05, 4.69) is 20.5 Å². The first-order valence-corrected chi connectivity index (χ1v) is 7.23. The van der Waals surface area contributed by atoms with Crippen LogP contribution in [0.5, 0.6) is 0 Å². The monoisotopic (exact) mass is 400 g/mol. The third kappa shape index (κ3) is 3.57. The summed E-state index contributed by atoms with van der Waals surface area (Å²) in [6.45, 7) is 3.84. The van der Waals surface area contributed by atoms with E-state index in [1.165, 1.54) is 6.07 Å². The SMILES string of the molecule is CC(C)c1nc(C(=O)Nc2ccc(I)cc2C(=O)O)n[nH]1. The maximum Gasteiger partial charge on any atom is 0.337 e. The zero-order valence-electron chi connectivity index (χ0n) is 11.3. The molecule has 3 N–H and O–H groups in total. The molecule has 8 heteroatoms. The van der Waals surface area contributed by atoms with E-state index in [1.54, 1.807) is 12.1 Å². The predicted molar refractivity (Wildman–Crippen MR) is 84.5 cm³/mol. The number of carboxylic acid groups (broad SMARTS) is 1. The molecule has 0 radical (unpaired) electrons. The summed E-state index contributed by atoms with van der Waals surface area (Å²) in [4.78, 5) is 27.3. The Hall–Kier alpha value is -1.97. The number of hydrogen-bond acceptors (Lipinski definition) is 4. The largest absolute Gasteiger partial charge is 0.478 e. The Bertz CT molecular complexity index is 696. The Kier molecular flexibility index (Phi) is 4.56. The van der Waals surface area contributed by atoms with Crippen LogP contribution < -0.4 is 5.32 Å². The van der Waals surface area contributed by atoms with Crippen molar-refractivity contribution in [1.29, 1.82) is 0 Å². The maximum atomic E-state index is 12.1. The summed E-state index contributed by atoms with van der Waals surface area (Å²) in [6.07, 6.45) is 0. The molecule has 0 aliphatic heterocycles. The number of aromatic nitrogens is 3. The Morgan fingerprint density at radius 2 is 2.10 bits per heavy atom. The van der Waals surface area contributed by atoms with Crippen LogP contribution in [0.15, 0.2) is 18.2 Å². The van der Waals surface area contributed by atoms with Gasteiger partial charge in [-0.1, -0.05) is 13.8 Å². The van der Waals surface area contributed by atoms with Crippen molar-refractivity contribution >= 4 is 40.2 Å². The molecule has 0 fully saturated rings. The average Bonchev–Trinajstić information content (AvgIpc) is 2.90. The average molecular weight is 400 g/mol. The van der Waals surface area contributed by atoms with Crippen LogP contribution in [0.3, 0.4) is 0 Å². The third-order valence-corrected chi connectivity index (χ3v) is 3.38. The lowest BCUT2D eigenvalue weighted by Gasteiger charge is -2.07. The van der Waals surface area contributed by atoms with E-state index < -0.39 is 11.9 Å². The van der Waals surface area contributed by atoms with Crippen molar-refractivity contribution in [2.45, 2.75) is 19.8 Å². The minimum Gasteiger partial charge on any atom is -0.478 e. The number of aromatic carboxylic acids is 1. The van der Waals surface area contributed by atoms with Gasteiger partial charge in [-0.05, 0) is 40.8 Å². The lowest BCUT2D eigenvalue weighted by molar-refractivity contribution is 0.0698. The number of nitrogens with zero attached hydrogens (tertiary/aromatic N) is 2. The number of carboxylic acids is 1. The van der Waals surface area contributed by atoms with E-state index in [4.69, 9.17) is 5.11 Å². The summed E-state index contributed by atoms with van der Waals surface area (Å²) < 4.78 is 0.767. The van der Waals surface area contributed by atoms with Crippen LogP contribution in [0.1, 0.15) is 46.6 Å². The van der Waals surface area contributed by atoms with Gasteiger partial charge in [0.2, 0.25) is 5.82 Å². The molecule has 2 rings (SSSR count). The number of carbonyl (C=O) groups excluding carboxylic acids is 1. The summed E-state index contributed by atoms with van der Waals surface area (Å²) in [5.41, 5.74) is 0.235. The van der Waals surface area contributed by atoms with E-state index in [-0.39, 0.29) is 23.0 Å². The van der Waals surface area contributed by atoms with Gasteiger partial charge in [0.05, 0.1) is 11.3 Å². The molecule has 1 aromatic carbocycles. The Morgan fingerprint density at radius 3 is 2.67 bits per heavy atom. The molecule has 0 aliphatic rings. The van der Waals surface area contributed by atoms with E-state index >= 15 is 0 Å². The first-order valence-electron chi connectivity index (χ1n) is 6.15. The topological polar surface area (TPSA) is 108 Å². The minimum absolute atomic E-state index is 0.0198. The van der Waals surface area contributed by atoms with Gasteiger partial charge in [0.25, 0.3) is 5.91 Å². The Labute approximate surface area is 134 Å². The lowest BCUT2D eigenvalue weighted by atomic mass is 10.2. The van der Waals surface area contributed by atoms with Crippen molar-refractivity contribution < 1.29 is 14.7 Å². The highest BCUT2D eigenvalue weighted by atomic mass is 127. The summed E-state index contributed by atoms with van der Waals surface area (Å²) >= 11 is 2.01. The van der Waals surface area contributed by atoms with E-state index in [9.17, 15) is 9.59 Å². The highest BCUT2D eigenvalue weighted by Gasteiger charge is 2.17. The fourth-order valence-electron chi connectivity index (χ4n) is 1.61. The van der Waals surface area contributed by atoms with Gasteiger partial charge in [-0.2, -0.15) is 0 Å². The molecule has 110 valence electrons. The van der Waals surface area contributed by atoms with Gasteiger partial charge in [-0.25, -0.2) is 9.78 Å². The van der Waals surface area contributed by atoms with Crippen molar-refractivity contribution in [3.05, 3.63) is 39.0 Å². The van der Waals surface area contributed by atoms with Crippen molar-refractivity contribution in [2.75, 3.05) is 5.32 Å². The van der Waals surface area contributed by atoms with Crippen LogP contribution in [-0.2, 0) is 0 Å². The number of hydrogen-bond donors (Lipinski definition) is 3. The number of rotatable bonds is 4. The normalized spacial score (nSPS) is 10.7. The molecule has 2 aromatic rings. The maximum absolute atomic E-state index is 12.1. The number of benzene rings is 1. The van der Waals surface area contributed by atoms with Gasteiger partial charge >= 0.3 is 5.97 Å². The van der Waals surface area contributed by atoms with E-state index in [1.807, 2.05) is 36.4 Å². The molecule has 0 atom stereocenters. The van der Waals surface area contributed by atoms with Gasteiger partial charge in [0.1, 0.15) is 5.82 Å². The number of anilines is 1. The van der Waals surface area contributed by atoms with Crippen molar-refractivity contribution in [3.8, 4) is 0 Å². The predicted octanol–water partition coefficient (Wildman–Crippen LogP) is 2.48. The molecule has 1 amide bonds. The number of aromatic amines is 1. The fourth-order valence-corrected chi connectivity index (χ4v) is 2.11. The second kappa shape index (κ2) is 6.20. The van der Waals surface area contributed by atoms with Gasteiger partial charge in [0.15, 0.2) is 0 Å². The smallest absolute Gasteiger partial charge is 0.337 e. The molecule has 0 bridgehead atoms. The molecule has 1 heterocycles. The zero-order valence-corrected chi connectivity index (χ0v) is 13.5. The zero-order chi connectivity index (χ0) is 15.6. The molecule has 1 aromatic heterocycles. The van der Waals surface area contributed by atoms with Gasteiger partial charge in [-0.15, -0.1) is 5.10 Å². The first-order chi connectivity index (χ1) is 9.88. The van der Waals surface area contributed by atoms with Crippen LogP contribution in [0, 0.1) is 3.57 Å². The lowest BCUT2D eigenvalue weighted by Crippen LogP contribution is -2.16. The molecular formula is C13H13IN4O3. The van der Waals surface area contributed by atoms with Crippen molar-refractivity contribution in [2.24, 2.45) is 0 Å². The van der Waals surface area contributed by atoms with Gasteiger partial charge < -0.3 is 10.4 Å². The second-order valence-corrected chi connectivity index (χ2v) is 5.89. The van der Waals surface area contributed by atoms with Crippen LogP contribution in [0.4, 0.5) is 5.69 Å². The van der Waals surface area contributed by atoms with Crippen LogP contribution in [0.2, 0.25) is 0 Å². The number of halogens is 1. The molecule has 7 nitrogen and oxygen atoms in total. The molecular weight excluding hydrogens is 387 g/mol. The Balaban J connectivity index is 2.25. The molecule has 0 spiro atoms. The number of nitrogens with one attached hydrogen (secondary N) is 2. The van der Waals surface area contributed by atoms with Crippen LogP contribution in [-0.4, -0.2) is 32.2 Å². The van der Waals surface area contributed by atoms with Crippen LogP contribution in [0.25, 0.3) is 0 Å². The van der Waals surface area contributed by atoms with E-state index in [0.717, 1.165) is 3.57 Å². The minimum atomic E-state index is -1.11. The standard InChI is InChI=1S/C13H13IN4O3/c1-6(2)10-16-11(18-17-10)12(19)15-9-4-3-7(14)5-8(9)13(20)21/h3-6H,1-2H3,(H,15,19)(H,20,21)(H,16,17,18). The number of amides is 1. The molecule has 0 saturated carbocycles. The Morgan fingerprint density at radius 1 is 1.38 bits per heavy atom. The molecule has 0 saturated heterocycles. The molecule has 0 unspecified atom stereocenters. The quantitative estimate of drug-likeness (QED) is 0.684. The third-order valence-electron chi connectivity index (χ3n) is 2.71. The molecule has 21 heavy (non-hydrogen) atoms. The number of H-pyrrole nitrogens is 1. The van der Waals surface area contributed by atoms with Crippen molar-refractivity contribution in [3.63, 3.8) is 0 Å². The summed E-state index contributed by atoms with van der Waals surface area (Å²) in [7, 11) is 0. The van der Waals surface area contributed by atoms with E-state index in [0.29, 0.717) is 5.82 Å². The summed E-state index contributed by atoms with van der Waals surface area (Å²) in [5, 5.41) is 18.2. The van der Waals surface area contributed by atoms with Crippen LogP contribution >= 0.6 is 22.6 Å². The number of carbonyl (C=O) groups is 2. The van der Waals surface area contributed by atoms with Gasteiger partial charge in [-0.3, -0.25) is 9.89 Å². The second-order valence-electron chi connectivity index (χ2n) is 4.65. The van der Waals surface area contributed by atoms with Crippen molar-refractivity contribution in [1.82, 2.24) is 15.2 Å². The molecule has 0 aliphatic carbocycles. The highest BCUT2D eigenvalue weighted by molar-refractivity contribution is 14.1. The fraction of sp³-hybridized carbons (Fsp3) is 0.231.